The Labute approximate surface area is 98.3 Å². The van der Waals surface area contributed by atoms with Gasteiger partial charge in [0.25, 0.3) is 0 Å². The summed E-state index contributed by atoms with van der Waals surface area (Å²) < 4.78 is 5.19. The summed E-state index contributed by atoms with van der Waals surface area (Å²) in [7, 11) is 0. The standard InChI is InChI=1S/C12H24N2O2/c1-9(2)10(6-7-13)14-8-11(15)16-12(3,4)5/h7,9-10,13-14H,6,8H2,1-5H3. The third-order valence-electron chi connectivity index (χ3n) is 2.11. The van der Waals surface area contributed by atoms with Gasteiger partial charge in [-0.2, -0.15) is 0 Å². The lowest BCUT2D eigenvalue weighted by molar-refractivity contribution is -0.153. The van der Waals surface area contributed by atoms with Gasteiger partial charge in [-0.3, -0.25) is 4.79 Å². The summed E-state index contributed by atoms with van der Waals surface area (Å²) in [6, 6.07) is 0.157. The van der Waals surface area contributed by atoms with Crippen LogP contribution >= 0.6 is 0 Å². The molecular weight excluding hydrogens is 204 g/mol. The van der Waals surface area contributed by atoms with Gasteiger partial charge < -0.3 is 15.5 Å². The predicted octanol–water partition coefficient (Wildman–Crippen LogP) is 1.98. The van der Waals surface area contributed by atoms with Crippen LogP contribution in [0.1, 0.15) is 41.0 Å². The minimum Gasteiger partial charge on any atom is -0.459 e. The summed E-state index contributed by atoms with van der Waals surface area (Å²) in [6.07, 6.45) is 2.01. The molecule has 16 heavy (non-hydrogen) atoms. The van der Waals surface area contributed by atoms with Gasteiger partial charge >= 0.3 is 5.97 Å². The van der Waals surface area contributed by atoms with Crippen molar-refractivity contribution in [2.75, 3.05) is 6.54 Å². The zero-order valence-electron chi connectivity index (χ0n) is 11.0. The van der Waals surface area contributed by atoms with Crippen molar-refractivity contribution < 1.29 is 9.53 Å². The second-order valence-corrected chi connectivity index (χ2v) is 5.26. The molecule has 0 saturated carbocycles. The van der Waals surface area contributed by atoms with Crippen molar-refractivity contribution in [1.82, 2.24) is 5.32 Å². The first kappa shape index (κ1) is 15.1. The maximum atomic E-state index is 11.4. The molecule has 0 rings (SSSR count). The van der Waals surface area contributed by atoms with Crippen LogP contribution in [0.25, 0.3) is 0 Å². The molecule has 0 radical (unpaired) electrons. The summed E-state index contributed by atoms with van der Waals surface area (Å²) in [5, 5.41) is 10.2. The van der Waals surface area contributed by atoms with Gasteiger partial charge in [-0.15, -0.1) is 0 Å². The number of hydrogen-bond acceptors (Lipinski definition) is 4. The average molecular weight is 228 g/mol. The quantitative estimate of drug-likeness (QED) is 0.540. The van der Waals surface area contributed by atoms with Crippen molar-refractivity contribution in [1.29, 1.82) is 5.41 Å². The monoisotopic (exact) mass is 228 g/mol. The Morgan fingerprint density at radius 3 is 2.38 bits per heavy atom. The maximum absolute atomic E-state index is 11.4. The molecule has 4 nitrogen and oxygen atoms in total. The highest BCUT2D eigenvalue weighted by molar-refractivity contribution is 5.72. The van der Waals surface area contributed by atoms with Crippen LogP contribution in [0, 0.1) is 11.3 Å². The van der Waals surface area contributed by atoms with Crippen molar-refractivity contribution in [3.8, 4) is 0 Å². The van der Waals surface area contributed by atoms with Crippen LogP contribution in [0.3, 0.4) is 0 Å². The third kappa shape index (κ3) is 7.40. The fraction of sp³-hybridized carbons (Fsp3) is 0.833. The topological polar surface area (TPSA) is 62.2 Å². The van der Waals surface area contributed by atoms with Crippen molar-refractivity contribution >= 4 is 12.2 Å². The van der Waals surface area contributed by atoms with E-state index in [0.717, 1.165) is 0 Å². The van der Waals surface area contributed by atoms with E-state index < -0.39 is 5.60 Å². The Kier molecular flexibility index (Phi) is 6.26. The van der Waals surface area contributed by atoms with Gasteiger partial charge in [0.15, 0.2) is 0 Å². The van der Waals surface area contributed by atoms with Crippen LogP contribution in [0.15, 0.2) is 0 Å². The largest absolute Gasteiger partial charge is 0.459 e. The van der Waals surface area contributed by atoms with Crippen molar-refractivity contribution in [2.45, 2.75) is 52.7 Å². The van der Waals surface area contributed by atoms with E-state index in [4.69, 9.17) is 10.1 Å². The maximum Gasteiger partial charge on any atom is 0.320 e. The molecule has 0 heterocycles. The normalized spacial score (nSPS) is 13.6. The molecule has 0 fully saturated rings. The van der Waals surface area contributed by atoms with E-state index in [1.54, 1.807) is 0 Å². The highest BCUT2D eigenvalue weighted by Gasteiger charge is 2.18. The van der Waals surface area contributed by atoms with E-state index in [9.17, 15) is 4.79 Å². The molecule has 1 unspecified atom stereocenters. The van der Waals surface area contributed by atoms with E-state index in [-0.39, 0.29) is 18.6 Å². The molecule has 0 aromatic heterocycles. The molecule has 0 saturated heterocycles. The molecule has 0 bridgehead atoms. The number of ether oxygens (including phenoxy) is 1. The van der Waals surface area contributed by atoms with Crippen molar-refractivity contribution in [3.63, 3.8) is 0 Å². The van der Waals surface area contributed by atoms with E-state index in [1.807, 2.05) is 20.8 Å². The van der Waals surface area contributed by atoms with Crippen molar-refractivity contribution in [3.05, 3.63) is 0 Å². The number of carbonyl (C=O) groups is 1. The number of rotatable bonds is 6. The molecule has 4 heteroatoms. The number of hydrogen-bond donors (Lipinski definition) is 2. The van der Waals surface area contributed by atoms with E-state index in [2.05, 4.69) is 19.2 Å². The molecule has 0 aromatic carbocycles. The highest BCUT2D eigenvalue weighted by Crippen LogP contribution is 2.07. The molecular formula is C12H24N2O2. The summed E-state index contributed by atoms with van der Waals surface area (Å²) >= 11 is 0. The summed E-state index contributed by atoms with van der Waals surface area (Å²) in [5.74, 6) is 0.146. The summed E-state index contributed by atoms with van der Waals surface area (Å²) in [6.45, 7) is 9.88. The SMILES string of the molecule is CC(C)C(CC=N)NCC(=O)OC(C)(C)C. The molecule has 0 aliphatic heterocycles. The van der Waals surface area contributed by atoms with Gasteiger partial charge in [-0.1, -0.05) is 13.8 Å². The smallest absolute Gasteiger partial charge is 0.320 e. The molecule has 0 aliphatic rings. The number of nitrogens with one attached hydrogen (secondary N) is 2. The van der Waals surface area contributed by atoms with Gasteiger partial charge in [0, 0.05) is 6.04 Å². The van der Waals surface area contributed by atoms with E-state index in [1.165, 1.54) is 6.21 Å². The Morgan fingerprint density at radius 2 is 2.00 bits per heavy atom. The Balaban J connectivity index is 4.01. The highest BCUT2D eigenvalue weighted by atomic mass is 16.6. The molecule has 2 N–H and O–H groups in total. The lowest BCUT2D eigenvalue weighted by Crippen LogP contribution is -2.40. The first-order chi connectivity index (χ1) is 7.26. The molecule has 94 valence electrons. The Morgan fingerprint density at radius 1 is 1.44 bits per heavy atom. The lowest BCUT2D eigenvalue weighted by atomic mass is 10.0. The van der Waals surface area contributed by atoms with Gasteiger partial charge in [0.2, 0.25) is 0 Å². The zero-order valence-corrected chi connectivity index (χ0v) is 11.0. The van der Waals surface area contributed by atoms with Crippen LogP contribution in [0.4, 0.5) is 0 Å². The molecule has 0 spiro atoms. The van der Waals surface area contributed by atoms with Crippen molar-refractivity contribution in [2.24, 2.45) is 5.92 Å². The lowest BCUT2D eigenvalue weighted by Gasteiger charge is -2.23. The second kappa shape index (κ2) is 6.63. The number of carbonyl (C=O) groups excluding carboxylic acids is 1. The summed E-state index contributed by atoms with van der Waals surface area (Å²) in [5.41, 5.74) is -0.437. The van der Waals surface area contributed by atoms with Crippen LogP contribution in [-0.2, 0) is 9.53 Å². The van der Waals surface area contributed by atoms with Crippen LogP contribution in [0.5, 0.6) is 0 Å². The van der Waals surface area contributed by atoms with Crippen LogP contribution in [-0.4, -0.2) is 30.4 Å². The molecule has 0 amide bonds. The molecule has 0 aliphatic carbocycles. The van der Waals surface area contributed by atoms with Gasteiger partial charge in [-0.25, -0.2) is 0 Å². The van der Waals surface area contributed by atoms with Crippen LogP contribution < -0.4 is 5.32 Å². The second-order valence-electron chi connectivity index (χ2n) is 5.26. The first-order valence-electron chi connectivity index (χ1n) is 5.70. The minimum absolute atomic E-state index is 0.157. The van der Waals surface area contributed by atoms with Crippen LogP contribution in [0.2, 0.25) is 0 Å². The predicted molar refractivity (Wildman–Crippen MR) is 65.9 cm³/mol. The zero-order chi connectivity index (χ0) is 12.8. The van der Waals surface area contributed by atoms with Gasteiger partial charge in [-0.05, 0) is 39.3 Å². The van der Waals surface area contributed by atoms with E-state index in [0.29, 0.717) is 12.3 Å². The van der Waals surface area contributed by atoms with Gasteiger partial charge in [0.05, 0.1) is 6.54 Å². The molecule has 0 aromatic rings. The summed E-state index contributed by atoms with van der Waals surface area (Å²) in [4.78, 5) is 11.4. The fourth-order valence-electron chi connectivity index (χ4n) is 1.31. The number of esters is 1. The average Bonchev–Trinajstić information content (AvgIpc) is 2.08. The Hall–Kier alpha value is -0.900. The Bertz CT molecular complexity index is 232. The first-order valence-corrected chi connectivity index (χ1v) is 5.70. The van der Waals surface area contributed by atoms with E-state index >= 15 is 0 Å². The minimum atomic E-state index is -0.437. The van der Waals surface area contributed by atoms with Gasteiger partial charge in [0.1, 0.15) is 5.60 Å². The fourth-order valence-corrected chi connectivity index (χ4v) is 1.31. The third-order valence-corrected chi connectivity index (χ3v) is 2.11. The molecule has 1 atom stereocenters.